The van der Waals surface area contributed by atoms with Crippen LogP contribution >= 0.6 is 0 Å². The van der Waals surface area contributed by atoms with Gasteiger partial charge in [-0.1, -0.05) is 25.7 Å². The van der Waals surface area contributed by atoms with Crippen molar-refractivity contribution in [3.8, 4) is 0 Å². The SMILES string of the molecule is NC1CCc2nnc(C3CCCCCC3)n2C1. The first-order valence-electron chi connectivity index (χ1n) is 7.02. The highest BCUT2D eigenvalue weighted by Crippen LogP contribution is 2.31. The number of rotatable bonds is 1. The van der Waals surface area contributed by atoms with Gasteiger partial charge in [-0.15, -0.1) is 10.2 Å². The third kappa shape index (κ3) is 2.23. The predicted octanol–water partition coefficient (Wildman–Crippen LogP) is 1.99. The Balaban J connectivity index is 1.84. The fourth-order valence-corrected chi connectivity index (χ4v) is 3.21. The van der Waals surface area contributed by atoms with Gasteiger partial charge < -0.3 is 10.3 Å². The summed E-state index contributed by atoms with van der Waals surface area (Å²) in [5, 5.41) is 8.81. The summed E-state index contributed by atoms with van der Waals surface area (Å²) in [5.74, 6) is 3.01. The summed E-state index contributed by atoms with van der Waals surface area (Å²) in [4.78, 5) is 0. The number of aromatic nitrogens is 3. The maximum Gasteiger partial charge on any atom is 0.136 e. The lowest BCUT2D eigenvalue weighted by Gasteiger charge is -2.23. The summed E-state index contributed by atoms with van der Waals surface area (Å²) in [6.45, 7) is 0.925. The van der Waals surface area contributed by atoms with Gasteiger partial charge in [0, 0.05) is 24.9 Å². The van der Waals surface area contributed by atoms with Crippen LogP contribution in [0.4, 0.5) is 0 Å². The molecule has 94 valence electrons. The molecule has 0 amide bonds. The quantitative estimate of drug-likeness (QED) is 0.756. The van der Waals surface area contributed by atoms with Crippen LogP contribution in [0, 0.1) is 0 Å². The smallest absolute Gasteiger partial charge is 0.136 e. The van der Waals surface area contributed by atoms with E-state index in [9.17, 15) is 0 Å². The first kappa shape index (κ1) is 11.2. The molecule has 2 heterocycles. The van der Waals surface area contributed by atoms with Crippen molar-refractivity contribution in [3.63, 3.8) is 0 Å². The molecule has 0 spiro atoms. The van der Waals surface area contributed by atoms with E-state index in [2.05, 4.69) is 14.8 Å². The lowest BCUT2D eigenvalue weighted by molar-refractivity contribution is 0.424. The molecule has 3 rings (SSSR count). The highest BCUT2D eigenvalue weighted by Gasteiger charge is 2.25. The fourth-order valence-electron chi connectivity index (χ4n) is 3.21. The van der Waals surface area contributed by atoms with E-state index in [0.717, 1.165) is 25.2 Å². The maximum atomic E-state index is 6.06. The number of hydrogen-bond acceptors (Lipinski definition) is 3. The summed E-state index contributed by atoms with van der Waals surface area (Å²) < 4.78 is 2.31. The van der Waals surface area contributed by atoms with E-state index in [4.69, 9.17) is 5.73 Å². The third-order valence-corrected chi connectivity index (χ3v) is 4.23. The van der Waals surface area contributed by atoms with Gasteiger partial charge in [-0.3, -0.25) is 0 Å². The van der Waals surface area contributed by atoms with E-state index in [1.807, 2.05) is 0 Å². The number of hydrogen-bond donors (Lipinski definition) is 1. The van der Waals surface area contributed by atoms with E-state index in [-0.39, 0.29) is 0 Å². The summed E-state index contributed by atoms with van der Waals surface area (Å²) in [6.07, 6.45) is 10.1. The van der Waals surface area contributed by atoms with Crippen LogP contribution < -0.4 is 5.73 Å². The van der Waals surface area contributed by atoms with Crippen LogP contribution in [0.2, 0.25) is 0 Å². The van der Waals surface area contributed by atoms with E-state index in [1.54, 1.807) is 0 Å². The minimum atomic E-state index is 0.294. The second-order valence-electron chi connectivity index (χ2n) is 5.57. The summed E-state index contributed by atoms with van der Waals surface area (Å²) >= 11 is 0. The van der Waals surface area contributed by atoms with Crippen molar-refractivity contribution in [1.29, 1.82) is 0 Å². The average Bonchev–Trinajstić information content (AvgIpc) is 2.58. The predicted molar refractivity (Wildman–Crippen MR) is 66.8 cm³/mol. The molecule has 1 aliphatic carbocycles. The van der Waals surface area contributed by atoms with Gasteiger partial charge in [0.25, 0.3) is 0 Å². The molecular formula is C13H22N4. The molecule has 0 saturated heterocycles. The molecule has 1 aliphatic heterocycles. The van der Waals surface area contributed by atoms with Crippen LogP contribution in [0.1, 0.15) is 62.5 Å². The Morgan fingerprint density at radius 3 is 2.53 bits per heavy atom. The minimum absolute atomic E-state index is 0.294. The van der Waals surface area contributed by atoms with Gasteiger partial charge in [0.05, 0.1) is 0 Å². The molecular weight excluding hydrogens is 212 g/mol. The molecule has 2 aliphatic rings. The molecule has 1 atom stereocenters. The van der Waals surface area contributed by atoms with Gasteiger partial charge in [0.1, 0.15) is 11.6 Å². The molecule has 4 heteroatoms. The molecule has 17 heavy (non-hydrogen) atoms. The van der Waals surface area contributed by atoms with Crippen molar-refractivity contribution in [1.82, 2.24) is 14.8 Å². The van der Waals surface area contributed by atoms with E-state index in [0.29, 0.717) is 12.0 Å². The van der Waals surface area contributed by atoms with Crippen LogP contribution in [0.25, 0.3) is 0 Å². The Bertz CT molecular complexity index is 377. The fraction of sp³-hybridized carbons (Fsp3) is 0.846. The highest BCUT2D eigenvalue weighted by molar-refractivity contribution is 5.06. The van der Waals surface area contributed by atoms with Crippen molar-refractivity contribution in [2.24, 2.45) is 5.73 Å². The molecule has 1 fully saturated rings. The zero-order valence-corrected chi connectivity index (χ0v) is 10.4. The lowest BCUT2D eigenvalue weighted by Crippen LogP contribution is -2.33. The molecule has 0 aromatic carbocycles. The van der Waals surface area contributed by atoms with Crippen molar-refractivity contribution in [2.45, 2.75) is 69.9 Å². The Morgan fingerprint density at radius 2 is 1.76 bits per heavy atom. The monoisotopic (exact) mass is 234 g/mol. The normalized spacial score (nSPS) is 26.5. The first-order valence-corrected chi connectivity index (χ1v) is 7.02. The van der Waals surface area contributed by atoms with Gasteiger partial charge in [-0.25, -0.2) is 0 Å². The summed E-state index contributed by atoms with van der Waals surface area (Å²) in [6, 6.07) is 0.294. The van der Waals surface area contributed by atoms with Gasteiger partial charge in [-0.05, 0) is 19.3 Å². The van der Waals surface area contributed by atoms with Gasteiger partial charge in [-0.2, -0.15) is 0 Å². The second-order valence-corrected chi connectivity index (χ2v) is 5.57. The lowest BCUT2D eigenvalue weighted by atomic mass is 9.98. The molecule has 0 bridgehead atoms. The van der Waals surface area contributed by atoms with E-state index in [1.165, 1.54) is 44.3 Å². The third-order valence-electron chi connectivity index (χ3n) is 4.23. The summed E-state index contributed by atoms with van der Waals surface area (Å²) in [7, 11) is 0. The van der Waals surface area contributed by atoms with Gasteiger partial charge in [0.2, 0.25) is 0 Å². The van der Waals surface area contributed by atoms with Crippen molar-refractivity contribution < 1.29 is 0 Å². The highest BCUT2D eigenvalue weighted by atomic mass is 15.3. The zero-order chi connectivity index (χ0) is 11.7. The van der Waals surface area contributed by atoms with Crippen LogP contribution in [0.3, 0.4) is 0 Å². The Kier molecular flexibility index (Phi) is 3.14. The number of nitrogens with zero attached hydrogens (tertiary/aromatic N) is 3. The molecule has 1 unspecified atom stereocenters. The van der Waals surface area contributed by atoms with Crippen LogP contribution in [0.15, 0.2) is 0 Å². The summed E-state index contributed by atoms with van der Waals surface area (Å²) in [5.41, 5.74) is 6.06. The minimum Gasteiger partial charge on any atom is -0.326 e. The molecule has 2 N–H and O–H groups in total. The average molecular weight is 234 g/mol. The second kappa shape index (κ2) is 4.77. The molecule has 4 nitrogen and oxygen atoms in total. The first-order chi connectivity index (χ1) is 8.34. The van der Waals surface area contributed by atoms with Crippen molar-refractivity contribution >= 4 is 0 Å². The van der Waals surface area contributed by atoms with E-state index >= 15 is 0 Å². The van der Waals surface area contributed by atoms with Crippen LogP contribution in [-0.2, 0) is 13.0 Å². The Morgan fingerprint density at radius 1 is 1.00 bits per heavy atom. The van der Waals surface area contributed by atoms with Crippen molar-refractivity contribution in [3.05, 3.63) is 11.6 Å². The number of fused-ring (bicyclic) bond motifs is 1. The molecule has 0 radical (unpaired) electrons. The van der Waals surface area contributed by atoms with Crippen molar-refractivity contribution in [2.75, 3.05) is 0 Å². The molecule has 1 aromatic heterocycles. The Hall–Kier alpha value is -0.900. The van der Waals surface area contributed by atoms with Crippen LogP contribution in [0.5, 0.6) is 0 Å². The van der Waals surface area contributed by atoms with Crippen LogP contribution in [-0.4, -0.2) is 20.8 Å². The Labute approximate surface area is 103 Å². The maximum absolute atomic E-state index is 6.06. The molecule has 1 saturated carbocycles. The standard InChI is InChI=1S/C13H22N4/c14-11-7-8-12-15-16-13(17(12)9-11)10-5-3-1-2-4-6-10/h10-11H,1-9,14H2. The molecule has 1 aromatic rings. The largest absolute Gasteiger partial charge is 0.326 e. The topological polar surface area (TPSA) is 56.7 Å². The number of aryl methyl sites for hydroxylation is 1. The van der Waals surface area contributed by atoms with Gasteiger partial charge in [0.15, 0.2) is 0 Å². The zero-order valence-electron chi connectivity index (χ0n) is 10.4. The van der Waals surface area contributed by atoms with E-state index < -0.39 is 0 Å². The van der Waals surface area contributed by atoms with Gasteiger partial charge >= 0.3 is 0 Å². The number of nitrogens with two attached hydrogens (primary N) is 1.